The highest BCUT2D eigenvalue weighted by atomic mass is 35.5. The number of para-hydroxylation sites is 1. The number of nitrogens with zero attached hydrogens (tertiary/aromatic N) is 1. The molecular formula is C13H16ClNO4. The first-order valence-electron chi connectivity index (χ1n) is 6.01. The third-order valence-electron chi connectivity index (χ3n) is 2.45. The molecule has 0 unspecified atom stereocenters. The Kier molecular flexibility index (Phi) is 6.15. The Labute approximate surface area is 117 Å². The fraction of sp³-hybridized carbons (Fsp3) is 0.385. The van der Waals surface area contributed by atoms with E-state index in [2.05, 4.69) is 4.29 Å². The molecule has 0 aliphatic heterocycles. The lowest BCUT2D eigenvalue weighted by Gasteiger charge is -2.22. The van der Waals surface area contributed by atoms with E-state index in [0.717, 1.165) is 6.42 Å². The fourth-order valence-corrected chi connectivity index (χ4v) is 1.67. The lowest BCUT2D eigenvalue weighted by atomic mass is 10.1. The van der Waals surface area contributed by atoms with Crippen LogP contribution >= 0.6 is 11.9 Å². The van der Waals surface area contributed by atoms with Crippen molar-refractivity contribution in [2.75, 3.05) is 18.1 Å². The van der Waals surface area contributed by atoms with Crippen molar-refractivity contribution in [3.63, 3.8) is 0 Å². The second-order valence-electron chi connectivity index (χ2n) is 3.74. The van der Waals surface area contributed by atoms with Crippen LogP contribution in [0.2, 0.25) is 0 Å². The van der Waals surface area contributed by atoms with E-state index in [1.54, 1.807) is 25.1 Å². The maximum absolute atomic E-state index is 11.9. The van der Waals surface area contributed by atoms with Crippen LogP contribution in [0.3, 0.4) is 0 Å². The Morgan fingerprint density at radius 1 is 1.26 bits per heavy atom. The highest BCUT2D eigenvalue weighted by Gasteiger charge is 2.21. The molecule has 1 aromatic rings. The molecular weight excluding hydrogens is 270 g/mol. The molecule has 1 aromatic carbocycles. The van der Waals surface area contributed by atoms with Gasteiger partial charge in [-0.2, -0.15) is 0 Å². The SMILES string of the molecule is CCCOC(=O)N(CC)c1ccccc1C(=O)OCl. The summed E-state index contributed by atoms with van der Waals surface area (Å²) in [7, 11) is 0. The Balaban J connectivity index is 3.04. The molecule has 104 valence electrons. The minimum atomic E-state index is -0.709. The topological polar surface area (TPSA) is 55.8 Å². The molecule has 5 nitrogen and oxygen atoms in total. The molecule has 0 aromatic heterocycles. The number of rotatable bonds is 5. The van der Waals surface area contributed by atoms with Crippen molar-refractivity contribution < 1.29 is 18.6 Å². The summed E-state index contributed by atoms with van der Waals surface area (Å²) in [4.78, 5) is 24.8. The zero-order valence-corrected chi connectivity index (χ0v) is 11.6. The van der Waals surface area contributed by atoms with Gasteiger partial charge in [0, 0.05) is 6.54 Å². The van der Waals surface area contributed by atoms with Crippen LogP contribution < -0.4 is 4.90 Å². The molecule has 0 saturated heterocycles. The van der Waals surface area contributed by atoms with E-state index in [1.165, 1.54) is 11.0 Å². The molecule has 0 fully saturated rings. The minimum Gasteiger partial charge on any atom is -0.449 e. The van der Waals surface area contributed by atoms with Gasteiger partial charge in [-0.25, -0.2) is 9.59 Å². The molecule has 1 amide bonds. The quantitative estimate of drug-likeness (QED) is 0.832. The van der Waals surface area contributed by atoms with Gasteiger partial charge < -0.3 is 9.03 Å². The smallest absolute Gasteiger partial charge is 0.414 e. The van der Waals surface area contributed by atoms with E-state index >= 15 is 0 Å². The Hall–Kier alpha value is -1.75. The molecule has 0 bridgehead atoms. The van der Waals surface area contributed by atoms with E-state index in [0.29, 0.717) is 18.8 Å². The van der Waals surface area contributed by atoms with Gasteiger partial charge in [0.1, 0.15) is 11.9 Å². The first-order chi connectivity index (χ1) is 9.15. The van der Waals surface area contributed by atoms with Gasteiger partial charge in [0.15, 0.2) is 0 Å². The van der Waals surface area contributed by atoms with Gasteiger partial charge in [0.25, 0.3) is 0 Å². The number of amides is 1. The fourth-order valence-electron chi connectivity index (χ4n) is 1.59. The van der Waals surface area contributed by atoms with Crippen LogP contribution in [0.4, 0.5) is 10.5 Å². The number of ether oxygens (including phenoxy) is 1. The van der Waals surface area contributed by atoms with Crippen LogP contribution in [0, 0.1) is 0 Å². The van der Waals surface area contributed by atoms with Crippen molar-refractivity contribution in [2.24, 2.45) is 0 Å². The molecule has 0 aliphatic carbocycles. The molecule has 6 heteroatoms. The summed E-state index contributed by atoms with van der Waals surface area (Å²) in [6.45, 7) is 4.39. The molecule has 0 saturated carbocycles. The lowest BCUT2D eigenvalue weighted by molar-refractivity contribution is 0.0752. The van der Waals surface area contributed by atoms with Crippen LogP contribution in [0.15, 0.2) is 24.3 Å². The van der Waals surface area contributed by atoms with E-state index in [9.17, 15) is 9.59 Å². The summed E-state index contributed by atoms with van der Waals surface area (Å²) < 4.78 is 9.26. The molecule has 19 heavy (non-hydrogen) atoms. The second kappa shape index (κ2) is 7.63. The van der Waals surface area contributed by atoms with Gasteiger partial charge in [0.05, 0.1) is 17.9 Å². The number of anilines is 1. The van der Waals surface area contributed by atoms with Crippen LogP contribution in [-0.2, 0) is 9.03 Å². The molecule has 0 N–H and O–H groups in total. The van der Waals surface area contributed by atoms with Gasteiger partial charge >= 0.3 is 12.1 Å². The highest BCUT2D eigenvalue weighted by molar-refractivity contribution is 6.17. The van der Waals surface area contributed by atoms with Crippen molar-refractivity contribution in [3.05, 3.63) is 29.8 Å². The van der Waals surface area contributed by atoms with Crippen molar-refractivity contribution in [3.8, 4) is 0 Å². The summed E-state index contributed by atoms with van der Waals surface area (Å²) in [5.41, 5.74) is 0.629. The maximum Gasteiger partial charge on any atom is 0.414 e. The third-order valence-corrected chi connectivity index (χ3v) is 2.59. The van der Waals surface area contributed by atoms with Crippen LogP contribution in [-0.4, -0.2) is 25.2 Å². The predicted molar refractivity (Wildman–Crippen MR) is 72.4 cm³/mol. The number of halogens is 1. The molecule has 0 heterocycles. The van der Waals surface area contributed by atoms with Gasteiger partial charge in [-0.3, -0.25) is 4.90 Å². The third kappa shape index (κ3) is 3.86. The van der Waals surface area contributed by atoms with Gasteiger partial charge in [0.2, 0.25) is 0 Å². The van der Waals surface area contributed by atoms with Crippen LogP contribution in [0.25, 0.3) is 0 Å². The number of hydrogen-bond acceptors (Lipinski definition) is 4. The summed E-state index contributed by atoms with van der Waals surface area (Å²) in [6, 6.07) is 6.56. The summed E-state index contributed by atoms with van der Waals surface area (Å²) in [5.74, 6) is -0.709. The van der Waals surface area contributed by atoms with Crippen molar-refractivity contribution in [1.29, 1.82) is 0 Å². The van der Waals surface area contributed by atoms with Crippen molar-refractivity contribution >= 4 is 29.6 Å². The van der Waals surface area contributed by atoms with Crippen molar-refractivity contribution in [1.82, 2.24) is 0 Å². The average molecular weight is 286 g/mol. The Morgan fingerprint density at radius 3 is 2.53 bits per heavy atom. The van der Waals surface area contributed by atoms with Gasteiger partial charge in [-0.15, -0.1) is 0 Å². The predicted octanol–water partition coefficient (Wildman–Crippen LogP) is 3.37. The van der Waals surface area contributed by atoms with E-state index in [-0.39, 0.29) is 5.56 Å². The molecule has 0 radical (unpaired) electrons. The normalized spacial score (nSPS) is 9.84. The number of hydrogen-bond donors (Lipinski definition) is 0. The molecule has 0 aliphatic rings. The molecule has 0 spiro atoms. The zero-order chi connectivity index (χ0) is 14.3. The van der Waals surface area contributed by atoms with Crippen LogP contribution in [0.5, 0.6) is 0 Å². The Morgan fingerprint density at radius 2 is 1.95 bits per heavy atom. The first kappa shape index (κ1) is 15.3. The number of carbonyl (C=O) groups is 2. The second-order valence-corrected chi connectivity index (χ2v) is 3.89. The van der Waals surface area contributed by atoms with Crippen molar-refractivity contribution in [2.45, 2.75) is 20.3 Å². The largest absolute Gasteiger partial charge is 0.449 e. The summed E-state index contributed by atoms with van der Waals surface area (Å²) >= 11 is 5.09. The maximum atomic E-state index is 11.9. The minimum absolute atomic E-state index is 0.216. The average Bonchev–Trinajstić information content (AvgIpc) is 2.45. The van der Waals surface area contributed by atoms with E-state index < -0.39 is 12.1 Å². The lowest BCUT2D eigenvalue weighted by Crippen LogP contribution is -2.32. The monoisotopic (exact) mass is 285 g/mol. The van der Waals surface area contributed by atoms with E-state index in [4.69, 9.17) is 16.6 Å². The number of carbonyl (C=O) groups excluding carboxylic acids is 2. The molecule has 1 rings (SSSR count). The number of benzene rings is 1. The zero-order valence-electron chi connectivity index (χ0n) is 10.9. The Bertz CT molecular complexity index is 450. The van der Waals surface area contributed by atoms with Crippen LogP contribution in [0.1, 0.15) is 30.6 Å². The highest BCUT2D eigenvalue weighted by Crippen LogP contribution is 2.22. The van der Waals surface area contributed by atoms with Gasteiger partial charge in [-0.05, 0) is 25.5 Å². The first-order valence-corrected chi connectivity index (χ1v) is 6.32. The standard InChI is InChI=1S/C13H16ClNO4/c1-3-9-18-13(17)15(4-2)11-8-6-5-7-10(11)12(16)19-14/h5-8H,3-4,9H2,1-2H3. The molecule has 0 atom stereocenters. The summed E-state index contributed by atoms with van der Waals surface area (Å²) in [5, 5.41) is 0. The summed E-state index contributed by atoms with van der Waals surface area (Å²) in [6.07, 6.45) is 0.230. The van der Waals surface area contributed by atoms with Gasteiger partial charge in [-0.1, -0.05) is 19.1 Å². The van der Waals surface area contributed by atoms with E-state index in [1.807, 2.05) is 6.92 Å².